The van der Waals surface area contributed by atoms with Crippen molar-refractivity contribution >= 4 is 38.6 Å². The topological polar surface area (TPSA) is 73.6 Å². The maximum Gasteiger partial charge on any atom is 0.251 e. The van der Waals surface area contributed by atoms with E-state index in [-0.39, 0.29) is 5.91 Å². The van der Waals surface area contributed by atoms with Gasteiger partial charge in [-0.2, -0.15) is 5.10 Å². The number of rotatable bonds is 2. The number of nitrogens with zero attached hydrogens (tertiary/aromatic N) is 1. The minimum atomic E-state index is 0.0377. The Bertz CT molecular complexity index is 1100. The SMILES string of the molecule is O=C(NC1CCCCCC1)c1ccc2[nH]c3c(ccc4cn[nH]c43)c2c1. The lowest BCUT2D eigenvalue weighted by atomic mass is 10.1. The Balaban J connectivity index is 1.52. The van der Waals surface area contributed by atoms with E-state index in [0.29, 0.717) is 6.04 Å². The van der Waals surface area contributed by atoms with Crippen molar-refractivity contribution in [3.05, 3.63) is 42.1 Å². The highest BCUT2D eigenvalue weighted by molar-refractivity contribution is 6.16. The van der Waals surface area contributed by atoms with E-state index in [1.165, 1.54) is 25.7 Å². The fourth-order valence-corrected chi connectivity index (χ4v) is 4.21. The van der Waals surface area contributed by atoms with E-state index in [4.69, 9.17) is 0 Å². The van der Waals surface area contributed by atoms with Crippen LogP contribution in [0.2, 0.25) is 0 Å². The van der Waals surface area contributed by atoms with E-state index in [1.807, 2.05) is 24.4 Å². The summed E-state index contributed by atoms with van der Waals surface area (Å²) in [4.78, 5) is 16.2. The predicted octanol–water partition coefficient (Wildman–Crippen LogP) is 4.65. The molecule has 2 aromatic heterocycles. The number of aromatic amines is 2. The van der Waals surface area contributed by atoms with E-state index in [0.717, 1.165) is 51.1 Å². The molecule has 0 aliphatic heterocycles. The molecule has 26 heavy (non-hydrogen) atoms. The first-order valence-corrected chi connectivity index (χ1v) is 9.48. The molecule has 0 bridgehead atoms. The molecular weight excluding hydrogens is 324 g/mol. The molecule has 3 N–H and O–H groups in total. The van der Waals surface area contributed by atoms with E-state index in [2.05, 4.69) is 32.6 Å². The maximum absolute atomic E-state index is 12.8. The van der Waals surface area contributed by atoms with Crippen LogP contribution in [0.15, 0.2) is 36.5 Å². The molecule has 1 aliphatic carbocycles. The lowest BCUT2D eigenvalue weighted by Gasteiger charge is -2.16. The summed E-state index contributed by atoms with van der Waals surface area (Å²) in [5.41, 5.74) is 3.81. The van der Waals surface area contributed by atoms with Crippen LogP contribution in [0.1, 0.15) is 48.9 Å². The summed E-state index contributed by atoms with van der Waals surface area (Å²) < 4.78 is 0. The monoisotopic (exact) mass is 346 g/mol. The van der Waals surface area contributed by atoms with Gasteiger partial charge < -0.3 is 10.3 Å². The first-order chi connectivity index (χ1) is 12.8. The number of hydrogen-bond acceptors (Lipinski definition) is 2. The van der Waals surface area contributed by atoms with Gasteiger partial charge >= 0.3 is 0 Å². The lowest BCUT2D eigenvalue weighted by Crippen LogP contribution is -2.34. The highest BCUT2D eigenvalue weighted by atomic mass is 16.1. The summed E-state index contributed by atoms with van der Waals surface area (Å²) in [6.45, 7) is 0. The van der Waals surface area contributed by atoms with Crippen molar-refractivity contribution in [3.63, 3.8) is 0 Å². The van der Waals surface area contributed by atoms with Crippen molar-refractivity contribution in [2.24, 2.45) is 0 Å². The summed E-state index contributed by atoms with van der Waals surface area (Å²) in [6.07, 6.45) is 9.02. The van der Waals surface area contributed by atoms with Crippen molar-refractivity contribution < 1.29 is 4.79 Å². The van der Waals surface area contributed by atoms with Crippen LogP contribution in [0.4, 0.5) is 0 Å². The smallest absolute Gasteiger partial charge is 0.251 e. The van der Waals surface area contributed by atoms with Gasteiger partial charge in [-0.15, -0.1) is 0 Å². The minimum absolute atomic E-state index is 0.0377. The molecule has 1 fully saturated rings. The number of benzene rings is 2. The number of carbonyl (C=O) groups excluding carboxylic acids is 1. The van der Waals surface area contributed by atoms with Gasteiger partial charge in [-0.25, -0.2) is 0 Å². The van der Waals surface area contributed by atoms with Gasteiger partial charge in [0, 0.05) is 33.3 Å². The lowest BCUT2D eigenvalue weighted by molar-refractivity contribution is 0.0933. The number of H-pyrrole nitrogens is 2. The standard InChI is InChI=1S/C21H22N4O/c26-21(23-15-5-3-1-2-4-6-15)13-8-10-18-17(11-13)16-9-7-14-12-22-25-19(14)20(16)24-18/h7-12,15,24H,1-6H2,(H,22,25)(H,23,26). The molecule has 1 aliphatic rings. The highest BCUT2D eigenvalue weighted by Crippen LogP contribution is 2.30. The molecule has 1 amide bonds. The molecule has 0 radical (unpaired) electrons. The second-order valence-corrected chi connectivity index (χ2v) is 7.37. The van der Waals surface area contributed by atoms with Gasteiger partial charge in [0.1, 0.15) is 0 Å². The quantitative estimate of drug-likeness (QED) is 0.462. The van der Waals surface area contributed by atoms with Crippen molar-refractivity contribution in [3.8, 4) is 0 Å². The van der Waals surface area contributed by atoms with Crippen molar-refractivity contribution in [2.75, 3.05) is 0 Å². The van der Waals surface area contributed by atoms with Crippen LogP contribution >= 0.6 is 0 Å². The molecule has 1 saturated carbocycles. The van der Waals surface area contributed by atoms with Crippen LogP contribution in [0, 0.1) is 0 Å². The molecule has 5 nitrogen and oxygen atoms in total. The third-order valence-electron chi connectivity index (χ3n) is 5.64. The Morgan fingerprint density at radius 3 is 2.69 bits per heavy atom. The molecule has 4 aromatic rings. The van der Waals surface area contributed by atoms with Crippen molar-refractivity contribution in [1.29, 1.82) is 0 Å². The highest BCUT2D eigenvalue weighted by Gasteiger charge is 2.17. The zero-order chi connectivity index (χ0) is 17.5. The normalized spacial score (nSPS) is 16.3. The zero-order valence-electron chi connectivity index (χ0n) is 14.6. The number of nitrogens with one attached hydrogen (secondary N) is 3. The van der Waals surface area contributed by atoms with E-state index < -0.39 is 0 Å². The Labute approximate surface area is 151 Å². The number of aromatic nitrogens is 3. The Hall–Kier alpha value is -2.82. The van der Waals surface area contributed by atoms with E-state index in [9.17, 15) is 4.79 Å². The largest absolute Gasteiger partial charge is 0.353 e. The van der Waals surface area contributed by atoms with Crippen molar-refractivity contribution in [1.82, 2.24) is 20.5 Å². The zero-order valence-corrected chi connectivity index (χ0v) is 14.6. The predicted molar refractivity (Wildman–Crippen MR) is 104 cm³/mol. The molecule has 5 heteroatoms. The van der Waals surface area contributed by atoms with E-state index >= 15 is 0 Å². The van der Waals surface area contributed by atoms with Gasteiger partial charge in [0.25, 0.3) is 5.91 Å². The number of hydrogen-bond donors (Lipinski definition) is 3. The molecule has 0 unspecified atom stereocenters. The van der Waals surface area contributed by atoms with Gasteiger partial charge in [0.05, 0.1) is 17.2 Å². The Kier molecular flexibility index (Phi) is 3.66. The van der Waals surface area contributed by atoms with Crippen LogP contribution in [-0.4, -0.2) is 27.1 Å². The number of fused-ring (bicyclic) bond motifs is 5. The first-order valence-electron chi connectivity index (χ1n) is 9.48. The van der Waals surface area contributed by atoms with E-state index in [1.54, 1.807) is 0 Å². The molecular formula is C21H22N4O. The summed E-state index contributed by atoms with van der Waals surface area (Å²) in [5.74, 6) is 0.0377. The maximum atomic E-state index is 12.8. The number of amides is 1. The van der Waals surface area contributed by atoms with Gasteiger partial charge in [0.15, 0.2) is 0 Å². The van der Waals surface area contributed by atoms with Crippen LogP contribution in [-0.2, 0) is 0 Å². The van der Waals surface area contributed by atoms with Gasteiger partial charge in [-0.1, -0.05) is 37.8 Å². The summed E-state index contributed by atoms with van der Waals surface area (Å²) in [6, 6.07) is 10.4. The second kappa shape index (κ2) is 6.16. The average Bonchev–Trinajstić information content (AvgIpc) is 3.19. The minimum Gasteiger partial charge on any atom is -0.353 e. The Morgan fingerprint density at radius 1 is 1.00 bits per heavy atom. The summed E-state index contributed by atoms with van der Waals surface area (Å²) >= 11 is 0. The average molecular weight is 346 g/mol. The van der Waals surface area contributed by atoms with Crippen LogP contribution in [0.25, 0.3) is 32.7 Å². The van der Waals surface area contributed by atoms with Gasteiger partial charge in [-0.3, -0.25) is 9.89 Å². The molecule has 0 saturated heterocycles. The van der Waals surface area contributed by atoms with Crippen LogP contribution in [0.5, 0.6) is 0 Å². The van der Waals surface area contributed by atoms with Gasteiger partial charge in [0.2, 0.25) is 0 Å². The second-order valence-electron chi connectivity index (χ2n) is 7.37. The fraction of sp³-hybridized carbons (Fsp3) is 0.333. The fourth-order valence-electron chi connectivity index (χ4n) is 4.21. The summed E-state index contributed by atoms with van der Waals surface area (Å²) in [5, 5.41) is 13.7. The molecule has 0 atom stereocenters. The molecule has 132 valence electrons. The number of carbonyl (C=O) groups is 1. The Morgan fingerprint density at radius 2 is 1.85 bits per heavy atom. The third-order valence-corrected chi connectivity index (χ3v) is 5.64. The van der Waals surface area contributed by atoms with Crippen LogP contribution in [0.3, 0.4) is 0 Å². The molecule has 2 heterocycles. The van der Waals surface area contributed by atoms with Crippen LogP contribution < -0.4 is 5.32 Å². The van der Waals surface area contributed by atoms with Gasteiger partial charge in [-0.05, 0) is 31.0 Å². The summed E-state index contributed by atoms with van der Waals surface area (Å²) in [7, 11) is 0. The third kappa shape index (κ3) is 2.55. The first kappa shape index (κ1) is 15.4. The molecule has 0 spiro atoms. The van der Waals surface area contributed by atoms with Crippen molar-refractivity contribution in [2.45, 2.75) is 44.6 Å². The molecule has 5 rings (SSSR count). The molecule has 2 aromatic carbocycles.